The molecule has 0 N–H and O–H groups in total. The summed E-state index contributed by atoms with van der Waals surface area (Å²) in [7, 11) is -3.61. The summed E-state index contributed by atoms with van der Waals surface area (Å²) in [6.07, 6.45) is 3.31. The number of carbonyl (C=O) groups excluding carboxylic acids is 1. The van der Waals surface area contributed by atoms with Crippen LogP contribution in [0.25, 0.3) is 0 Å². The molecule has 0 radical (unpaired) electrons. The van der Waals surface area contributed by atoms with Gasteiger partial charge in [0.1, 0.15) is 0 Å². The van der Waals surface area contributed by atoms with Gasteiger partial charge in [0.05, 0.1) is 0 Å². The molecule has 1 aromatic rings. The fourth-order valence-corrected chi connectivity index (χ4v) is 4.06. The monoisotopic (exact) mass is 285 g/mol. The topological polar surface area (TPSA) is 67.6 Å². The van der Waals surface area contributed by atoms with E-state index in [1.165, 1.54) is 16.4 Å². The third kappa shape index (κ3) is 2.47. The highest BCUT2D eigenvalue weighted by Crippen LogP contribution is 2.39. The minimum atomic E-state index is -3.61. The molecule has 6 heteroatoms. The normalized spacial score (nSPS) is 19.7. The Morgan fingerprint density at radius 3 is 2.53 bits per heavy atom. The van der Waals surface area contributed by atoms with Crippen molar-refractivity contribution in [3.8, 4) is 0 Å². The van der Waals surface area contributed by atoms with Crippen molar-refractivity contribution in [2.75, 3.05) is 13.1 Å². The van der Waals surface area contributed by atoms with Crippen LogP contribution in [0.1, 0.15) is 43.7 Å². The second-order valence-corrected chi connectivity index (χ2v) is 6.94. The van der Waals surface area contributed by atoms with E-state index < -0.39 is 10.0 Å². The molecular formula is C13H19NO4S. The van der Waals surface area contributed by atoms with Gasteiger partial charge < -0.3 is 4.42 Å². The van der Waals surface area contributed by atoms with Crippen LogP contribution in [-0.4, -0.2) is 32.1 Å². The van der Waals surface area contributed by atoms with Gasteiger partial charge in [0.15, 0.2) is 12.0 Å². The minimum absolute atomic E-state index is 0.0371. The lowest BCUT2D eigenvalue weighted by molar-refractivity contribution is 0.109. The van der Waals surface area contributed by atoms with E-state index in [1.807, 2.05) is 0 Å². The number of aldehydes is 1. The van der Waals surface area contributed by atoms with Gasteiger partial charge in [0.25, 0.3) is 10.0 Å². The standard InChI is InChI=1S/C13H19NO4S/c1-3-13(4-2)7-8-14(10-13)19(16,17)12-6-5-11(9-15)18-12/h5-6,9H,3-4,7-8,10H2,1-2H3. The molecule has 0 spiro atoms. The summed E-state index contributed by atoms with van der Waals surface area (Å²) < 4.78 is 31.3. The number of furan rings is 1. The maximum atomic E-state index is 12.4. The first-order chi connectivity index (χ1) is 8.97. The second-order valence-electron chi connectivity index (χ2n) is 5.07. The molecule has 0 aliphatic carbocycles. The molecule has 19 heavy (non-hydrogen) atoms. The average molecular weight is 285 g/mol. The van der Waals surface area contributed by atoms with Crippen LogP contribution < -0.4 is 0 Å². The van der Waals surface area contributed by atoms with E-state index in [2.05, 4.69) is 13.8 Å². The molecule has 2 heterocycles. The Kier molecular flexibility index (Phi) is 3.82. The van der Waals surface area contributed by atoms with Gasteiger partial charge in [-0.3, -0.25) is 4.79 Å². The highest BCUT2D eigenvalue weighted by molar-refractivity contribution is 7.89. The van der Waals surface area contributed by atoms with Crippen LogP contribution in [-0.2, 0) is 10.0 Å². The molecule has 0 saturated carbocycles. The third-order valence-corrected chi connectivity index (χ3v) is 5.94. The quantitative estimate of drug-likeness (QED) is 0.778. The molecule has 1 aliphatic rings. The van der Waals surface area contributed by atoms with Crippen LogP contribution in [0.4, 0.5) is 0 Å². The predicted octanol–water partition coefficient (Wildman–Crippen LogP) is 2.29. The molecule has 1 saturated heterocycles. The lowest BCUT2D eigenvalue weighted by Crippen LogP contribution is -2.31. The van der Waals surface area contributed by atoms with Crippen molar-refractivity contribution < 1.29 is 17.6 Å². The molecule has 5 nitrogen and oxygen atoms in total. The highest BCUT2D eigenvalue weighted by Gasteiger charge is 2.41. The number of nitrogens with zero attached hydrogens (tertiary/aromatic N) is 1. The minimum Gasteiger partial charge on any atom is -0.440 e. The van der Waals surface area contributed by atoms with Crippen molar-refractivity contribution in [2.45, 2.75) is 38.2 Å². The Morgan fingerprint density at radius 2 is 2.05 bits per heavy atom. The Hall–Kier alpha value is -1.14. The van der Waals surface area contributed by atoms with Gasteiger partial charge in [-0.1, -0.05) is 13.8 Å². The van der Waals surface area contributed by atoms with Crippen LogP contribution in [0.15, 0.2) is 21.6 Å². The van der Waals surface area contributed by atoms with E-state index in [-0.39, 0.29) is 16.3 Å². The summed E-state index contributed by atoms with van der Waals surface area (Å²) in [6, 6.07) is 2.72. The van der Waals surface area contributed by atoms with E-state index in [1.54, 1.807) is 0 Å². The largest absolute Gasteiger partial charge is 0.440 e. The molecule has 106 valence electrons. The maximum absolute atomic E-state index is 12.4. The number of carbonyl (C=O) groups is 1. The zero-order valence-electron chi connectivity index (χ0n) is 11.3. The summed E-state index contributed by atoms with van der Waals surface area (Å²) in [5, 5.41) is -0.141. The zero-order chi connectivity index (χ0) is 14.1. The summed E-state index contributed by atoms with van der Waals surface area (Å²) in [5.41, 5.74) is 0.0765. The van der Waals surface area contributed by atoms with E-state index in [0.717, 1.165) is 19.3 Å². The van der Waals surface area contributed by atoms with Gasteiger partial charge in [-0.05, 0) is 36.8 Å². The number of hydrogen-bond donors (Lipinski definition) is 0. The second kappa shape index (κ2) is 5.09. The van der Waals surface area contributed by atoms with Crippen molar-refractivity contribution in [1.82, 2.24) is 4.31 Å². The number of hydrogen-bond acceptors (Lipinski definition) is 4. The number of sulfonamides is 1. The molecule has 0 bridgehead atoms. The summed E-state index contributed by atoms with van der Waals surface area (Å²) in [6.45, 7) is 5.23. The van der Waals surface area contributed by atoms with Gasteiger partial charge in [0.2, 0.25) is 5.09 Å². The average Bonchev–Trinajstić information content (AvgIpc) is 3.06. The van der Waals surface area contributed by atoms with Crippen molar-refractivity contribution in [1.29, 1.82) is 0 Å². The van der Waals surface area contributed by atoms with Gasteiger partial charge >= 0.3 is 0 Å². The maximum Gasteiger partial charge on any atom is 0.276 e. The molecular weight excluding hydrogens is 266 g/mol. The van der Waals surface area contributed by atoms with Gasteiger partial charge in [-0.15, -0.1) is 0 Å². The lowest BCUT2D eigenvalue weighted by Gasteiger charge is -2.25. The first kappa shape index (κ1) is 14.3. The van der Waals surface area contributed by atoms with Crippen molar-refractivity contribution >= 4 is 16.3 Å². The first-order valence-electron chi connectivity index (χ1n) is 6.52. The summed E-state index contributed by atoms with van der Waals surface area (Å²) >= 11 is 0. The van der Waals surface area contributed by atoms with Crippen LogP contribution in [0, 0.1) is 5.41 Å². The molecule has 2 rings (SSSR count). The van der Waals surface area contributed by atoms with Gasteiger partial charge in [-0.25, -0.2) is 8.42 Å². The fraction of sp³-hybridized carbons (Fsp3) is 0.615. The van der Waals surface area contributed by atoms with Crippen LogP contribution in [0.3, 0.4) is 0 Å². The Balaban J connectivity index is 2.24. The molecule has 0 atom stereocenters. The van der Waals surface area contributed by atoms with Crippen molar-refractivity contribution in [2.24, 2.45) is 5.41 Å². The Labute approximate surface area is 113 Å². The van der Waals surface area contributed by atoms with Crippen molar-refractivity contribution in [3.63, 3.8) is 0 Å². The molecule has 1 aliphatic heterocycles. The number of rotatable bonds is 5. The Morgan fingerprint density at radius 1 is 1.37 bits per heavy atom. The van der Waals surface area contributed by atoms with Crippen molar-refractivity contribution in [3.05, 3.63) is 17.9 Å². The Bertz CT molecular complexity index is 557. The molecule has 0 unspecified atom stereocenters. The van der Waals surface area contributed by atoms with E-state index in [4.69, 9.17) is 4.42 Å². The summed E-state index contributed by atoms with van der Waals surface area (Å²) in [5.74, 6) is 0.0371. The van der Waals surface area contributed by atoms with Gasteiger partial charge in [0, 0.05) is 13.1 Å². The fourth-order valence-electron chi connectivity index (χ4n) is 2.59. The van der Waals surface area contributed by atoms with Crippen LogP contribution in [0.5, 0.6) is 0 Å². The van der Waals surface area contributed by atoms with E-state index in [9.17, 15) is 13.2 Å². The SMILES string of the molecule is CCC1(CC)CCN(S(=O)(=O)c2ccc(C=O)o2)C1. The zero-order valence-corrected chi connectivity index (χ0v) is 12.1. The molecule has 1 aromatic heterocycles. The van der Waals surface area contributed by atoms with Gasteiger partial charge in [-0.2, -0.15) is 4.31 Å². The first-order valence-corrected chi connectivity index (χ1v) is 7.96. The predicted molar refractivity (Wildman–Crippen MR) is 70.5 cm³/mol. The van der Waals surface area contributed by atoms with E-state index in [0.29, 0.717) is 19.4 Å². The molecule has 0 amide bonds. The van der Waals surface area contributed by atoms with Crippen LogP contribution in [0.2, 0.25) is 0 Å². The molecule has 1 fully saturated rings. The highest BCUT2D eigenvalue weighted by atomic mass is 32.2. The van der Waals surface area contributed by atoms with E-state index >= 15 is 0 Å². The third-order valence-electron chi connectivity index (χ3n) is 4.22. The molecule has 0 aromatic carbocycles. The van der Waals surface area contributed by atoms with Crippen LogP contribution >= 0.6 is 0 Å². The smallest absolute Gasteiger partial charge is 0.276 e. The lowest BCUT2D eigenvalue weighted by atomic mass is 9.82. The summed E-state index contributed by atoms with van der Waals surface area (Å²) in [4.78, 5) is 10.6.